The third-order valence-electron chi connectivity index (χ3n) is 3.37. The van der Waals surface area contributed by atoms with Crippen molar-refractivity contribution in [2.24, 2.45) is 0 Å². The molecule has 1 heterocycles. The Bertz CT molecular complexity index is 431. The van der Waals surface area contributed by atoms with Crippen LogP contribution in [0.25, 0.3) is 0 Å². The van der Waals surface area contributed by atoms with Gasteiger partial charge in [0, 0.05) is 50.0 Å². The molecular weight excluding hydrogens is 322 g/mol. The Labute approximate surface area is 128 Å². The molecular formula is C14H20BrN3O2. The van der Waals surface area contributed by atoms with Gasteiger partial charge in [-0.1, -0.05) is 15.9 Å². The number of anilines is 1. The Kier molecular flexibility index (Phi) is 5.82. The monoisotopic (exact) mass is 341 g/mol. The fourth-order valence-electron chi connectivity index (χ4n) is 2.13. The normalized spacial score (nSPS) is 16.2. The van der Waals surface area contributed by atoms with E-state index in [0.717, 1.165) is 49.5 Å². The Balaban J connectivity index is 1.78. The lowest BCUT2D eigenvalue weighted by atomic mass is 10.3. The second kappa shape index (κ2) is 7.61. The number of piperazine rings is 1. The van der Waals surface area contributed by atoms with E-state index in [4.69, 9.17) is 4.74 Å². The van der Waals surface area contributed by atoms with Gasteiger partial charge in [0.2, 0.25) is 0 Å². The quantitative estimate of drug-likeness (QED) is 0.913. The van der Waals surface area contributed by atoms with Crippen molar-refractivity contribution in [2.45, 2.75) is 0 Å². The zero-order valence-corrected chi connectivity index (χ0v) is 13.2. The molecule has 0 atom stereocenters. The molecule has 0 unspecified atom stereocenters. The van der Waals surface area contributed by atoms with Crippen LogP contribution in [-0.4, -0.2) is 62.3 Å². The molecule has 0 spiro atoms. The maximum Gasteiger partial charge on any atom is 0.321 e. The molecule has 0 aliphatic carbocycles. The van der Waals surface area contributed by atoms with Gasteiger partial charge in [-0.15, -0.1) is 0 Å². The summed E-state index contributed by atoms with van der Waals surface area (Å²) < 4.78 is 6.07. The minimum atomic E-state index is -0.0290. The van der Waals surface area contributed by atoms with Crippen molar-refractivity contribution < 1.29 is 9.53 Å². The fourth-order valence-corrected chi connectivity index (χ4v) is 2.40. The van der Waals surface area contributed by atoms with Crippen LogP contribution in [0.15, 0.2) is 28.7 Å². The second-order valence-corrected chi connectivity index (χ2v) is 5.67. The number of benzene rings is 1. The molecule has 1 N–H and O–H groups in total. The molecule has 110 valence electrons. The molecule has 2 rings (SSSR count). The van der Waals surface area contributed by atoms with Crippen LogP contribution in [0.1, 0.15) is 0 Å². The third-order valence-corrected chi connectivity index (χ3v) is 3.90. The smallest absolute Gasteiger partial charge is 0.321 e. The van der Waals surface area contributed by atoms with Gasteiger partial charge in [0.1, 0.15) is 0 Å². The fraction of sp³-hybridized carbons (Fsp3) is 0.500. The van der Waals surface area contributed by atoms with E-state index in [1.807, 2.05) is 29.2 Å². The highest BCUT2D eigenvalue weighted by Gasteiger charge is 2.20. The van der Waals surface area contributed by atoms with Gasteiger partial charge in [-0.3, -0.25) is 4.90 Å². The first kappa shape index (κ1) is 15.3. The summed E-state index contributed by atoms with van der Waals surface area (Å²) in [7, 11) is 1.71. The Hall–Kier alpha value is -1.11. The van der Waals surface area contributed by atoms with Crippen LogP contribution in [-0.2, 0) is 4.74 Å². The van der Waals surface area contributed by atoms with Crippen LogP contribution in [0.5, 0.6) is 0 Å². The largest absolute Gasteiger partial charge is 0.383 e. The van der Waals surface area contributed by atoms with Crippen molar-refractivity contribution in [3.63, 3.8) is 0 Å². The van der Waals surface area contributed by atoms with E-state index >= 15 is 0 Å². The molecule has 0 saturated carbocycles. The first-order valence-corrected chi connectivity index (χ1v) is 7.51. The van der Waals surface area contributed by atoms with Gasteiger partial charge in [-0.05, 0) is 24.3 Å². The summed E-state index contributed by atoms with van der Waals surface area (Å²) in [5.41, 5.74) is 0.819. The van der Waals surface area contributed by atoms with E-state index in [2.05, 4.69) is 26.1 Å². The molecule has 1 aliphatic heterocycles. The number of nitrogens with zero attached hydrogens (tertiary/aromatic N) is 2. The van der Waals surface area contributed by atoms with Crippen LogP contribution >= 0.6 is 15.9 Å². The van der Waals surface area contributed by atoms with Crippen LogP contribution in [0.2, 0.25) is 0 Å². The average Bonchev–Trinajstić information content (AvgIpc) is 2.48. The number of carbonyl (C=O) groups is 1. The lowest BCUT2D eigenvalue weighted by Gasteiger charge is -2.34. The number of urea groups is 1. The number of rotatable bonds is 4. The second-order valence-electron chi connectivity index (χ2n) is 4.76. The van der Waals surface area contributed by atoms with Crippen molar-refractivity contribution in [1.29, 1.82) is 0 Å². The van der Waals surface area contributed by atoms with Gasteiger partial charge in [-0.2, -0.15) is 0 Å². The minimum absolute atomic E-state index is 0.0290. The maximum atomic E-state index is 12.1. The summed E-state index contributed by atoms with van der Waals surface area (Å²) in [6.45, 7) is 4.98. The molecule has 6 heteroatoms. The Morgan fingerprint density at radius 2 is 1.90 bits per heavy atom. The van der Waals surface area contributed by atoms with E-state index in [9.17, 15) is 4.79 Å². The van der Waals surface area contributed by atoms with Crippen LogP contribution in [0.4, 0.5) is 10.5 Å². The SMILES string of the molecule is COCCN1CCN(C(=O)Nc2ccc(Br)cc2)CC1. The molecule has 1 aliphatic rings. The topological polar surface area (TPSA) is 44.8 Å². The zero-order valence-electron chi connectivity index (χ0n) is 11.6. The van der Waals surface area contributed by atoms with Crippen molar-refractivity contribution in [1.82, 2.24) is 9.80 Å². The zero-order chi connectivity index (χ0) is 14.4. The molecule has 5 nitrogen and oxygen atoms in total. The molecule has 0 aromatic heterocycles. The van der Waals surface area contributed by atoms with Crippen LogP contribution < -0.4 is 5.32 Å². The van der Waals surface area contributed by atoms with Gasteiger partial charge in [0.15, 0.2) is 0 Å². The summed E-state index contributed by atoms with van der Waals surface area (Å²) in [4.78, 5) is 16.3. The molecule has 1 aromatic carbocycles. The molecule has 1 fully saturated rings. The predicted molar refractivity (Wildman–Crippen MR) is 83.0 cm³/mol. The summed E-state index contributed by atoms with van der Waals surface area (Å²) in [6, 6.07) is 7.57. The van der Waals surface area contributed by atoms with E-state index in [0.29, 0.717) is 0 Å². The summed E-state index contributed by atoms with van der Waals surface area (Å²) in [5.74, 6) is 0. The van der Waals surface area contributed by atoms with E-state index in [1.54, 1.807) is 7.11 Å². The van der Waals surface area contributed by atoms with Gasteiger partial charge >= 0.3 is 6.03 Å². The molecule has 1 aromatic rings. The van der Waals surface area contributed by atoms with E-state index < -0.39 is 0 Å². The van der Waals surface area contributed by atoms with Gasteiger partial charge in [0.05, 0.1) is 6.61 Å². The number of amides is 2. The number of carbonyl (C=O) groups excluding carboxylic acids is 1. The predicted octanol–water partition coefficient (Wildman–Crippen LogP) is 2.25. The standard InChI is InChI=1S/C14H20BrN3O2/c1-20-11-10-17-6-8-18(9-7-17)14(19)16-13-4-2-12(15)3-5-13/h2-5H,6-11H2,1H3,(H,16,19). The highest BCUT2D eigenvalue weighted by Crippen LogP contribution is 2.15. The van der Waals surface area contributed by atoms with Gasteiger partial charge in [-0.25, -0.2) is 4.79 Å². The number of hydrogen-bond acceptors (Lipinski definition) is 3. The molecule has 1 saturated heterocycles. The van der Waals surface area contributed by atoms with Crippen molar-refractivity contribution in [2.75, 3.05) is 51.8 Å². The number of methoxy groups -OCH3 is 1. The van der Waals surface area contributed by atoms with Gasteiger partial charge in [0.25, 0.3) is 0 Å². The highest BCUT2D eigenvalue weighted by atomic mass is 79.9. The van der Waals surface area contributed by atoms with Crippen molar-refractivity contribution >= 4 is 27.6 Å². The Morgan fingerprint density at radius 1 is 1.25 bits per heavy atom. The number of ether oxygens (including phenoxy) is 1. The summed E-state index contributed by atoms with van der Waals surface area (Å²) in [6.07, 6.45) is 0. The lowest BCUT2D eigenvalue weighted by molar-refractivity contribution is 0.109. The summed E-state index contributed by atoms with van der Waals surface area (Å²) in [5, 5.41) is 2.92. The lowest BCUT2D eigenvalue weighted by Crippen LogP contribution is -2.50. The first-order valence-electron chi connectivity index (χ1n) is 6.72. The molecule has 0 radical (unpaired) electrons. The van der Waals surface area contributed by atoms with Crippen LogP contribution in [0, 0.1) is 0 Å². The third kappa shape index (κ3) is 4.47. The van der Waals surface area contributed by atoms with Crippen molar-refractivity contribution in [3.8, 4) is 0 Å². The minimum Gasteiger partial charge on any atom is -0.383 e. The van der Waals surface area contributed by atoms with Gasteiger partial charge < -0.3 is 15.0 Å². The summed E-state index contributed by atoms with van der Waals surface area (Å²) >= 11 is 3.38. The highest BCUT2D eigenvalue weighted by molar-refractivity contribution is 9.10. The van der Waals surface area contributed by atoms with E-state index in [1.165, 1.54) is 0 Å². The Morgan fingerprint density at radius 3 is 2.50 bits per heavy atom. The average molecular weight is 342 g/mol. The maximum absolute atomic E-state index is 12.1. The van der Waals surface area contributed by atoms with E-state index in [-0.39, 0.29) is 6.03 Å². The number of hydrogen-bond donors (Lipinski definition) is 1. The molecule has 2 amide bonds. The first-order chi connectivity index (χ1) is 9.69. The molecule has 20 heavy (non-hydrogen) atoms. The molecule has 0 bridgehead atoms. The van der Waals surface area contributed by atoms with Crippen LogP contribution in [0.3, 0.4) is 0 Å². The number of nitrogens with one attached hydrogen (secondary N) is 1. The van der Waals surface area contributed by atoms with Crippen molar-refractivity contribution in [3.05, 3.63) is 28.7 Å². The number of halogens is 1.